The second-order valence-corrected chi connectivity index (χ2v) is 5.37. The third-order valence-corrected chi connectivity index (χ3v) is 3.49. The van der Waals surface area contributed by atoms with Crippen LogP contribution in [0.2, 0.25) is 0 Å². The third kappa shape index (κ3) is 4.41. The molecule has 2 aromatic heterocycles. The highest BCUT2D eigenvalue weighted by atomic mass is 16.5. The summed E-state index contributed by atoms with van der Waals surface area (Å²) in [7, 11) is 0. The summed E-state index contributed by atoms with van der Waals surface area (Å²) in [5.74, 6) is 1.62. The number of ether oxygens (including phenoxy) is 1. The molecular formula is C18H18N4O3. The molecule has 0 unspecified atom stereocenters. The molecule has 0 aliphatic carbocycles. The highest BCUT2D eigenvalue weighted by Crippen LogP contribution is 2.15. The first-order valence-electron chi connectivity index (χ1n) is 7.91. The van der Waals surface area contributed by atoms with Crippen LogP contribution in [-0.2, 0) is 13.2 Å². The van der Waals surface area contributed by atoms with Crippen molar-refractivity contribution >= 4 is 11.9 Å². The zero-order chi connectivity index (χ0) is 17.6. The molecule has 128 valence electrons. The minimum absolute atomic E-state index is 0.0764. The number of hydrogen-bond donors (Lipinski definition) is 0. The van der Waals surface area contributed by atoms with Crippen LogP contribution >= 0.6 is 0 Å². The summed E-state index contributed by atoms with van der Waals surface area (Å²) in [5.41, 5.74) is 1.48. The van der Waals surface area contributed by atoms with Gasteiger partial charge in [0, 0.05) is 19.7 Å². The lowest BCUT2D eigenvalue weighted by molar-refractivity contribution is 0.104. The van der Waals surface area contributed by atoms with Crippen LogP contribution in [0.4, 0.5) is 0 Å². The zero-order valence-corrected chi connectivity index (χ0v) is 14.0. The molecule has 0 spiro atoms. The molecule has 2 heterocycles. The van der Waals surface area contributed by atoms with Gasteiger partial charge in [0.15, 0.2) is 12.4 Å². The second-order valence-electron chi connectivity index (χ2n) is 5.37. The molecule has 0 bridgehead atoms. The number of nitrogens with zero attached hydrogens (tertiary/aromatic N) is 4. The Morgan fingerprint density at radius 1 is 1.32 bits per heavy atom. The van der Waals surface area contributed by atoms with E-state index in [1.165, 1.54) is 6.08 Å². The summed E-state index contributed by atoms with van der Waals surface area (Å²) in [6.07, 6.45) is 6.61. The summed E-state index contributed by atoms with van der Waals surface area (Å²) >= 11 is 0. The number of hydrogen-bond acceptors (Lipinski definition) is 6. The van der Waals surface area contributed by atoms with Crippen LogP contribution in [-0.4, -0.2) is 25.7 Å². The predicted molar refractivity (Wildman–Crippen MR) is 91.1 cm³/mol. The summed E-state index contributed by atoms with van der Waals surface area (Å²) in [5, 5.41) is 7.87. The molecular weight excluding hydrogens is 320 g/mol. The minimum Gasteiger partial charge on any atom is -0.485 e. The Balaban J connectivity index is 1.57. The smallest absolute Gasteiger partial charge is 0.223 e. The summed E-state index contributed by atoms with van der Waals surface area (Å²) in [6.45, 7) is 4.68. The molecule has 0 amide bonds. The van der Waals surface area contributed by atoms with Crippen molar-refractivity contribution in [2.45, 2.75) is 27.0 Å². The average molecular weight is 338 g/mol. The minimum atomic E-state index is -0.0764. The predicted octanol–water partition coefficient (Wildman–Crippen LogP) is 3.07. The standard InChI is InChI=1S/C18H18N4O3/c1-3-22-11-15(10-19-22)17(23)9-6-14-4-7-16(8-5-14)24-12-18-20-13(2)25-21-18/h4-11H,3,12H2,1-2H3/b9-6-. The van der Waals surface area contributed by atoms with E-state index in [9.17, 15) is 4.79 Å². The maximum absolute atomic E-state index is 12.1. The van der Waals surface area contributed by atoms with Crippen molar-refractivity contribution in [3.8, 4) is 5.75 Å². The van der Waals surface area contributed by atoms with Gasteiger partial charge >= 0.3 is 0 Å². The Bertz CT molecular complexity index is 878. The molecule has 0 N–H and O–H groups in total. The molecule has 0 aliphatic heterocycles. The molecule has 0 aliphatic rings. The van der Waals surface area contributed by atoms with Gasteiger partial charge in [0.1, 0.15) is 5.75 Å². The van der Waals surface area contributed by atoms with Crippen molar-refractivity contribution in [2.75, 3.05) is 0 Å². The SMILES string of the molecule is CCn1cc(C(=O)/C=C\c2ccc(OCc3noc(C)n3)cc2)cn1. The zero-order valence-electron chi connectivity index (χ0n) is 14.0. The molecule has 3 aromatic rings. The van der Waals surface area contributed by atoms with Crippen LogP contribution in [0.15, 0.2) is 47.3 Å². The maximum Gasteiger partial charge on any atom is 0.223 e. The van der Waals surface area contributed by atoms with E-state index in [2.05, 4.69) is 15.2 Å². The molecule has 3 rings (SSSR count). The quantitative estimate of drug-likeness (QED) is 0.486. The number of rotatable bonds is 7. The lowest BCUT2D eigenvalue weighted by atomic mass is 10.1. The molecule has 0 fully saturated rings. The van der Waals surface area contributed by atoms with Crippen LogP contribution in [0.25, 0.3) is 6.08 Å². The Kier molecular flexibility index (Phi) is 5.03. The first-order valence-corrected chi connectivity index (χ1v) is 7.91. The number of ketones is 1. The van der Waals surface area contributed by atoms with Gasteiger partial charge in [0.05, 0.1) is 11.8 Å². The van der Waals surface area contributed by atoms with Crippen LogP contribution in [0.5, 0.6) is 5.75 Å². The topological polar surface area (TPSA) is 83.0 Å². The van der Waals surface area contributed by atoms with E-state index in [-0.39, 0.29) is 12.4 Å². The summed E-state index contributed by atoms with van der Waals surface area (Å²) in [6, 6.07) is 7.39. The highest BCUT2D eigenvalue weighted by Gasteiger charge is 2.05. The molecule has 1 aromatic carbocycles. The fourth-order valence-corrected chi connectivity index (χ4v) is 2.15. The van der Waals surface area contributed by atoms with E-state index >= 15 is 0 Å². The lowest BCUT2D eigenvalue weighted by Crippen LogP contribution is -1.97. The summed E-state index contributed by atoms with van der Waals surface area (Å²) in [4.78, 5) is 16.2. The van der Waals surface area contributed by atoms with Crippen LogP contribution in [0, 0.1) is 6.92 Å². The largest absolute Gasteiger partial charge is 0.485 e. The highest BCUT2D eigenvalue weighted by molar-refractivity contribution is 6.06. The number of allylic oxidation sites excluding steroid dienone is 1. The van der Waals surface area contributed by atoms with Crippen LogP contribution in [0.3, 0.4) is 0 Å². The maximum atomic E-state index is 12.1. The number of carbonyl (C=O) groups excluding carboxylic acids is 1. The van der Waals surface area contributed by atoms with E-state index in [4.69, 9.17) is 9.26 Å². The normalized spacial score (nSPS) is 11.1. The van der Waals surface area contributed by atoms with Crippen LogP contribution in [0.1, 0.15) is 34.6 Å². The van der Waals surface area contributed by atoms with Crippen molar-refractivity contribution in [3.05, 3.63) is 65.6 Å². The molecule has 0 radical (unpaired) electrons. The number of aromatic nitrogens is 4. The lowest BCUT2D eigenvalue weighted by Gasteiger charge is -2.03. The van der Waals surface area contributed by atoms with Crippen molar-refractivity contribution < 1.29 is 14.1 Å². The van der Waals surface area contributed by atoms with Gasteiger partial charge in [-0.05, 0) is 30.7 Å². The van der Waals surface area contributed by atoms with Crippen molar-refractivity contribution in [1.29, 1.82) is 0 Å². The molecule has 0 atom stereocenters. The number of benzene rings is 1. The van der Waals surface area contributed by atoms with Gasteiger partial charge in [-0.3, -0.25) is 9.48 Å². The van der Waals surface area contributed by atoms with E-state index in [0.29, 0.717) is 23.0 Å². The van der Waals surface area contributed by atoms with E-state index in [0.717, 1.165) is 12.1 Å². The average Bonchev–Trinajstić information content (AvgIpc) is 3.27. The van der Waals surface area contributed by atoms with Gasteiger partial charge in [-0.25, -0.2) is 0 Å². The molecule has 0 saturated heterocycles. The monoisotopic (exact) mass is 338 g/mol. The third-order valence-electron chi connectivity index (χ3n) is 3.49. The van der Waals surface area contributed by atoms with Crippen molar-refractivity contribution in [1.82, 2.24) is 19.9 Å². The fourth-order valence-electron chi connectivity index (χ4n) is 2.15. The first-order chi connectivity index (χ1) is 12.1. The van der Waals surface area contributed by atoms with Crippen molar-refractivity contribution in [2.24, 2.45) is 0 Å². The van der Waals surface area contributed by atoms with E-state index < -0.39 is 0 Å². The Morgan fingerprint density at radius 2 is 2.12 bits per heavy atom. The van der Waals surface area contributed by atoms with E-state index in [1.54, 1.807) is 30.1 Å². The van der Waals surface area contributed by atoms with Gasteiger partial charge in [-0.1, -0.05) is 23.4 Å². The molecule has 7 nitrogen and oxygen atoms in total. The van der Waals surface area contributed by atoms with Gasteiger partial charge in [-0.15, -0.1) is 0 Å². The molecule has 25 heavy (non-hydrogen) atoms. The first kappa shape index (κ1) is 16.6. The van der Waals surface area contributed by atoms with Gasteiger partial charge in [0.25, 0.3) is 0 Å². The second kappa shape index (κ2) is 7.57. The van der Waals surface area contributed by atoms with Gasteiger partial charge in [0.2, 0.25) is 11.7 Å². The molecule has 7 heteroatoms. The molecule has 0 saturated carbocycles. The van der Waals surface area contributed by atoms with Crippen LogP contribution < -0.4 is 4.74 Å². The number of carbonyl (C=O) groups is 1. The van der Waals surface area contributed by atoms with E-state index in [1.807, 2.05) is 31.2 Å². The summed E-state index contributed by atoms with van der Waals surface area (Å²) < 4.78 is 12.2. The number of aryl methyl sites for hydroxylation is 2. The fraction of sp³-hybridized carbons (Fsp3) is 0.222. The Labute approximate surface area is 144 Å². The van der Waals surface area contributed by atoms with Gasteiger partial charge in [-0.2, -0.15) is 10.1 Å². The van der Waals surface area contributed by atoms with Gasteiger partial charge < -0.3 is 9.26 Å². The Hall–Kier alpha value is -3.22. The Morgan fingerprint density at radius 3 is 2.76 bits per heavy atom. The van der Waals surface area contributed by atoms with Crippen molar-refractivity contribution in [3.63, 3.8) is 0 Å².